The fraction of sp³-hybridized carbons (Fsp3) is 0.667. The second kappa shape index (κ2) is 6.10. The van der Waals surface area contributed by atoms with Crippen molar-refractivity contribution >= 4 is 6.29 Å². The van der Waals surface area contributed by atoms with Crippen LogP contribution in [0.3, 0.4) is 0 Å². The molecule has 0 aliphatic heterocycles. The Morgan fingerprint density at radius 2 is 2.27 bits per heavy atom. The zero-order chi connectivity index (χ0) is 8.69. The molecule has 0 aromatic heterocycles. The van der Waals surface area contributed by atoms with E-state index in [2.05, 4.69) is 0 Å². The van der Waals surface area contributed by atoms with Gasteiger partial charge in [-0.15, -0.1) is 0 Å². The first kappa shape index (κ1) is 10.4. The van der Waals surface area contributed by atoms with Gasteiger partial charge in [0.2, 0.25) is 0 Å². The molecule has 0 aromatic carbocycles. The van der Waals surface area contributed by atoms with Gasteiger partial charge >= 0.3 is 0 Å². The van der Waals surface area contributed by atoms with E-state index in [0.29, 0.717) is 6.42 Å². The molecule has 0 aliphatic rings. The van der Waals surface area contributed by atoms with Crippen molar-refractivity contribution in [2.24, 2.45) is 0 Å². The number of aldehydes is 1. The van der Waals surface area contributed by atoms with Crippen LogP contribution in [0.5, 0.6) is 0 Å². The van der Waals surface area contributed by atoms with E-state index in [-0.39, 0.29) is 6.10 Å². The quantitative estimate of drug-likeness (QED) is 0.485. The second-order valence-corrected chi connectivity index (χ2v) is 2.65. The fourth-order valence-electron chi connectivity index (χ4n) is 0.871. The van der Waals surface area contributed by atoms with E-state index in [1.807, 2.05) is 13.8 Å². The number of hydrogen-bond acceptors (Lipinski definition) is 2. The van der Waals surface area contributed by atoms with Crippen LogP contribution in [0.1, 0.15) is 33.1 Å². The molecule has 0 radical (unpaired) electrons. The van der Waals surface area contributed by atoms with E-state index < -0.39 is 0 Å². The van der Waals surface area contributed by atoms with Gasteiger partial charge in [0.25, 0.3) is 0 Å². The number of carbonyl (C=O) groups is 1. The molecule has 0 aliphatic carbocycles. The number of allylic oxidation sites excluding steroid dienone is 1. The minimum absolute atomic E-state index is 0.361. The topological polar surface area (TPSA) is 37.3 Å². The van der Waals surface area contributed by atoms with Gasteiger partial charge in [0.15, 0.2) is 0 Å². The van der Waals surface area contributed by atoms with Crippen molar-refractivity contribution in [3.63, 3.8) is 0 Å². The van der Waals surface area contributed by atoms with E-state index in [0.717, 1.165) is 24.7 Å². The van der Waals surface area contributed by atoms with Gasteiger partial charge in [-0.25, -0.2) is 0 Å². The lowest BCUT2D eigenvalue weighted by molar-refractivity contribution is -0.107. The van der Waals surface area contributed by atoms with Gasteiger partial charge in [0.1, 0.15) is 6.29 Å². The Morgan fingerprint density at radius 3 is 2.73 bits per heavy atom. The van der Waals surface area contributed by atoms with Crippen LogP contribution in [0.15, 0.2) is 11.6 Å². The summed E-state index contributed by atoms with van der Waals surface area (Å²) in [5.74, 6) is 0. The van der Waals surface area contributed by atoms with Crippen molar-refractivity contribution < 1.29 is 9.90 Å². The highest BCUT2D eigenvalue weighted by molar-refractivity contribution is 5.52. The van der Waals surface area contributed by atoms with Crippen molar-refractivity contribution in [3.05, 3.63) is 11.6 Å². The summed E-state index contributed by atoms with van der Waals surface area (Å²) in [4.78, 5) is 9.96. The fourth-order valence-corrected chi connectivity index (χ4v) is 0.871. The molecule has 0 aromatic rings. The SMILES string of the molecule is CCCC(O)/C(C)=C/CC=O. The molecule has 0 saturated carbocycles. The first-order valence-electron chi connectivity index (χ1n) is 4.00. The Bertz CT molecular complexity index is 138. The van der Waals surface area contributed by atoms with Gasteiger partial charge in [0, 0.05) is 6.42 Å². The Balaban J connectivity index is 3.78. The Hall–Kier alpha value is -0.630. The lowest BCUT2D eigenvalue weighted by Gasteiger charge is -2.08. The maximum Gasteiger partial charge on any atom is 0.123 e. The molecule has 0 rings (SSSR count). The predicted molar refractivity (Wildman–Crippen MR) is 45.4 cm³/mol. The lowest BCUT2D eigenvalue weighted by Crippen LogP contribution is -2.06. The molecule has 0 bridgehead atoms. The zero-order valence-corrected chi connectivity index (χ0v) is 7.21. The van der Waals surface area contributed by atoms with Gasteiger partial charge in [-0.3, -0.25) is 0 Å². The van der Waals surface area contributed by atoms with Crippen molar-refractivity contribution in [3.8, 4) is 0 Å². The molecule has 2 nitrogen and oxygen atoms in total. The van der Waals surface area contributed by atoms with Gasteiger partial charge in [-0.1, -0.05) is 19.4 Å². The van der Waals surface area contributed by atoms with Gasteiger partial charge < -0.3 is 9.90 Å². The van der Waals surface area contributed by atoms with Crippen LogP contribution in [-0.2, 0) is 4.79 Å². The third-order valence-corrected chi connectivity index (χ3v) is 1.62. The van der Waals surface area contributed by atoms with Crippen LogP contribution in [0, 0.1) is 0 Å². The smallest absolute Gasteiger partial charge is 0.123 e. The van der Waals surface area contributed by atoms with Gasteiger partial charge in [-0.2, -0.15) is 0 Å². The molecule has 0 fully saturated rings. The van der Waals surface area contributed by atoms with E-state index in [1.54, 1.807) is 6.08 Å². The zero-order valence-electron chi connectivity index (χ0n) is 7.21. The van der Waals surface area contributed by atoms with Crippen LogP contribution in [-0.4, -0.2) is 17.5 Å². The minimum Gasteiger partial charge on any atom is -0.389 e. The lowest BCUT2D eigenvalue weighted by atomic mass is 10.1. The summed E-state index contributed by atoms with van der Waals surface area (Å²) in [5.41, 5.74) is 0.902. The summed E-state index contributed by atoms with van der Waals surface area (Å²) < 4.78 is 0. The molecule has 0 heterocycles. The molecule has 0 amide bonds. The summed E-state index contributed by atoms with van der Waals surface area (Å²) in [5, 5.41) is 9.36. The summed E-state index contributed by atoms with van der Waals surface area (Å²) in [6.45, 7) is 3.88. The Labute approximate surface area is 67.9 Å². The maximum atomic E-state index is 9.96. The number of carbonyl (C=O) groups excluding carboxylic acids is 1. The van der Waals surface area contributed by atoms with E-state index in [4.69, 9.17) is 0 Å². The number of hydrogen-bond donors (Lipinski definition) is 1. The van der Waals surface area contributed by atoms with Crippen LogP contribution >= 0.6 is 0 Å². The maximum absolute atomic E-state index is 9.96. The molecule has 0 spiro atoms. The first-order valence-corrected chi connectivity index (χ1v) is 4.00. The number of aliphatic hydroxyl groups excluding tert-OH is 1. The molecular formula is C9H16O2. The molecule has 11 heavy (non-hydrogen) atoms. The monoisotopic (exact) mass is 156 g/mol. The normalized spacial score (nSPS) is 14.6. The van der Waals surface area contributed by atoms with Crippen LogP contribution in [0.2, 0.25) is 0 Å². The first-order chi connectivity index (χ1) is 5.22. The Kier molecular flexibility index (Phi) is 5.75. The molecule has 2 heteroatoms. The second-order valence-electron chi connectivity index (χ2n) is 2.65. The van der Waals surface area contributed by atoms with Gasteiger partial charge in [-0.05, 0) is 18.9 Å². The highest BCUT2D eigenvalue weighted by Gasteiger charge is 2.02. The molecule has 1 unspecified atom stereocenters. The predicted octanol–water partition coefficient (Wildman–Crippen LogP) is 1.68. The number of rotatable bonds is 5. The molecule has 1 N–H and O–H groups in total. The highest BCUT2D eigenvalue weighted by Crippen LogP contribution is 2.07. The van der Waals surface area contributed by atoms with E-state index >= 15 is 0 Å². The van der Waals surface area contributed by atoms with Crippen molar-refractivity contribution in [1.29, 1.82) is 0 Å². The standard InChI is InChI=1S/C9H16O2/c1-3-5-9(11)8(2)6-4-7-10/h6-7,9,11H,3-5H2,1-2H3/b8-6+. The van der Waals surface area contributed by atoms with Crippen LogP contribution in [0.4, 0.5) is 0 Å². The van der Waals surface area contributed by atoms with E-state index in [1.165, 1.54) is 0 Å². The van der Waals surface area contributed by atoms with Gasteiger partial charge in [0.05, 0.1) is 6.10 Å². The third-order valence-electron chi connectivity index (χ3n) is 1.62. The number of aliphatic hydroxyl groups is 1. The van der Waals surface area contributed by atoms with Crippen molar-refractivity contribution in [1.82, 2.24) is 0 Å². The summed E-state index contributed by atoms with van der Waals surface area (Å²) in [7, 11) is 0. The highest BCUT2D eigenvalue weighted by atomic mass is 16.3. The summed E-state index contributed by atoms with van der Waals surface area (Å²) in [6.07, 6.45) is 4.40. The third kappa shape index (κ3) is 4.73. The summed E-state index contributed by atoms with van der Waals surface area (Å²) >= 11 is 0. The largest absolute Gasteiger partial charge is 0.389 e. The van der Waals surface area contributed by atoms with Crippen LogP contribution < -0.4 is 0 Å². The average Bonchev–Trinajstić information content (AvgIpc) is 2.00. The molecule has 1 atom stereocenters. The molecule has 0 saturated heterocycles. The van der Waals surface area contributed by atoms with Crippen molar-refractivity contribution in [2.75, 3.05) is 0 Å². The van der Waals surface area contributed by atoms with Crippen LogP contribution in [0.25, 0.3) is 0 Å². The minimum atomic E-state index is -0.361. The average molecular weight is 156 g/mol. The summed E-state index contributed by atoms with van der Waals surface area (Å²) in [6, 6.07) is 0. The molecule has 64 valence electrons. The Morgan fingerprint density at radius 1 is 1.64 bits per heavy atom. The van der Waals surface area contributed by atoms with E-state index in [9.17, 15) is 9.90 Å². The molecular weight excluding hydrogens is 140 g/mol. The van der Waals surface area contributed by atoms with Crippen molar-refractivity contribution in [2.45, 2.75) is 39.2 Å².